The van der Waals surface area contributed by atoms with Gasteiger partial charge in [0.25, 0.3) is 11.5 Å². The number of amides is 1. The number of hydrogen-bond acceptors (Lipinski definition) is 7. The molecule has 0 N–H and O–H groups in total. The molecule has 198 valence electrons. The number of carbonyl (C=O) groups excluding carboxylic acids is 1. The average Bonchev–Trinajstić information content (AvgIpc) is 3.16. The molecule has 1 amide bonds. The molecule has 2 aliphatic heterocycles. The predicted octanol–water partition coefficient (Wildman–Crippen LogP) is 5.05. The third kappa shape index (κ3) is 4.98. The van der Waals surface area contributed by atoms with Crippen LogP contribution in [0.15, 0.2) is 58.2 Å². The molecule has 0 aliphatic carbocycles. The first-order chi connectivity index (χ1) is 18.3. The number of thiocarbonyl (C=S) groups is 1. The van der Waals surface area contributed by atoms with Gasteiger partial charge in [-0.2, -0.15) is 0 Å². The van der Waals surface area contributed by atoms with E-state index in [9.17, 15) is 9.59 Å². The van der Waals surface area contributed by atoms with Crippen LogP contribution in [0.25, 0.3) is 17.0 Å². The second-order valence-corrected chi connectivity index (χ2v) is 11.3. The number of benzene rings is 2. The number of ether oxygens (including phenoxy) is 2. The number of hydrogen-bond donors (Lipinski definition) is 0. The summed E-state index contributed by atoms with van der Waals surface area (Å²) in [6.45, 7) is 8.24. The van der Waals surface area contributed by atoms with E-state index in [0.29, 0.717) is 41.0 Å². The molecule has 5 rings (SSSR count). The van der Waals surface area contributed by atoms with Crippen LogP contribution in [0.4, 0.5) is 5.69 Å². The number of fused-ring (bicyclic) bond motifs is 1. The van der Waals surface area contributed by atoms with Gasteiger partial charge >= 0.3 is 0 Å². The number of rotatable bonds is 6. The van der Waals surface area contributed by atoms with Crippen LogP contribution in [0.3, 0.4) is 0 Å². The van der Waals surface area contributed by atoms with Gasteiger partial charge in [-0.25, -0.2) is 0 Å². The molecule has 9 heteroatoms. The summed E-state index contributed by atoms with van der Waals surface area (Å²) in [6.07, 6.45) is 1.78. The maximum absolute atomic E-state index is 13.9. The lowest BCUT2D eigenvalue weighted by molar-refractivity contribution is -0.122. The van der Waals surface area contributed by atoms with Gasteiger partial charge in [0.2, 0.25) is 0 Å². The number of aromatic nitrogens is 1. The highest BCUT2D eigenvalue weighted by Gasteiger charge is 2.34. The number of methoxy groups -OCH3 is 1. The summed E-state index contributed by atoms with van der Waals surface area (Å²) in [5, 5.41) is 0.982. The van der Waals surface area contributed by atoms with Crippen molar-refractivity contribution in [3.8, 4) is 5.75 Å². The summed E-state index contributed by atoms with van der Waals surface area (Å²) < 4.78 is 13.5. The van der Waals surface area contributed by atoms with Gasteiger partial charge in [-0.05, 0) is 50.6 Å². The zero-order valence-corrected chi connectivity index (χ0v) is 23.6. The topological polar surface area (TPSA) is 64.0 Å². The second kappa shape index (κ2) is 10.9. The largest absolute Gasteiger partial charge is 0.497 e. The van der Waals surface area contributed by atoms with E-state index in [1.54, 1.807) is 22.7 Å². The van der Waals surface area contributed by atoms with Gasteiger partial charge in [0, 0.05) is 25.0 Å². The van der Waals surface area contributed by atoms with Gasteiger partial charge in [0.15, 0.2) is 0 Å². The highest BCUT2D eigenvalue weighted by Crippen LogP contribution is 2.37. The molecule has 2 atom stereocenters. The zero-order valence-electron chi connectivity index (χ0n) is 22.0. The number of morpholine rings is 1. The Balaban J connectivity index is 1.60. The van der Waals surface area contributed by atoms with Gasteiger partial charge in [0.05, 0.1) is 47.5 Å². The minimum atomic E-state index is -0.193. The van der Waals surface area contributed by atoms with Crippen molar-refractivity contribution in [1.82, 2.24) is 9.47 Å². The third-order valence-corrected chi connectivity index (χ3v) is 8.26. The van der Waals surface area contributed by atoms with Gasteiger partial charge in [0.1, 0.15) is 10.1 Å². The Labute approximate surface area is 232 Å². The zero-order chi connectivity index (χ0) is 27.0. The van der Waals surface area contributed by atoms with Gasteiger partial charge in [-0.15, -0.1) is 0 Å². The highest BCUT2D eigenvalue weighted by molar-refractivity contribution is 8.26. The first kappa shape index (κ1) is 26.5. The monoisotopic (exact) mass is 549 g/mol. The van der Waals surface area contributed by atoms with Crippen molar-refractivity contribution in [2.24, 2.45) is 0 Å². The van der Waals surface area contributed by atoms with Crippen LogP contribution >= 0.6 is 24.0 Å². The smallest absolute Gasteiger partial charge is 0.266 e. The van der Waals surface area contributed by atoms with Crippen molar-refractivity contribution < 1.29 is 14.3 Å². The number of pyridine rings is 1. The molecule has 1 aromatic heterocycles. The fraction of sp³-hybridized carbons (Fsp3) is 0.345. The lowest BCUT2D eigenvalue weighted by atomic mass is 10.0. The van der Waals surface area contributed by atoms with E-state index >= 15 is 0 Å². The molecule has 2 aliphatic rings. The summed E-state index contributed by atoms with van der Waals surface area (Å²) in [7, 11) is 1.62. The van der Waals surface area contributed by atoms with Gasteiger partial charge in [-0.1, -0.05) is 54.3 Å². The van der Waals surface area contributed by atoms with Crippen LogP contribution in [0.2, 0.25) is 0 Å². The summed E-state index contributed by atoms with van der Waals surface area (Å²) >= 11 is 6.84. The maximum Gasteiger partial charge on any atom is 0.266 e. The van der Waals surface area contributed by atoms with Crippen LogP contribution in [-0.4, -0.2) is 52.1 Å². The molecule has 2 saturated heterocycles. The minimum Gasteiger partial charge on any atom is -0.497 e. The van der Waals surface area contributed by atoms with Crippen molar-refractivity contribution >= 4 is 56.9 Å². The molecule has 3 heterocycles. The second-order valence-electron chi connectivity index (χ2n) is 9.61. The molecule has 2 aromatic carbocycles. The first-order valence-corrected chi connectivity index (χ1v) is 14.0. The quantitative estimate of drug-likeness (QED) is 0.315. The van der Waals surface area contributed by atoms with Crippen LogP contribution in [-0.2, 0) is 22.6 Å². The molecule has 2 unspecified atom stereocenters. The number of aryl methyl sites for hydroxylation is 1. The molecule has 7 nitrogen and oxygen atoms in total. The number of anilines is 1. The number of para-hydroxylation sites is 1. The Hall–Kier alpha value is -3.14. The summed E-state index contributed by atoms with van der Waals surface area (Å²) in [5.41, 5.74) is 3.06. The van der Waals surface area contributed by atoms with Gasteiger partial charge in [-0.3, -0.25) is 14.5 Å². The summed E-state index contributed by atoms with van der Waals surface area (Å²) in [6, 6.07) is 15.5. The average molecular weight is 550 g/mol. The van der Waals surface area contributed by atoms with E-state index in [0.717, 1.165) is 27.9 Å². The Morgan fingerprint density at radius 2 is 1.76 bits per heavy atom. The fourth-order valence-electron chi connectivity index (χ4n) is 5.24. The SMILES string of the molecule is CCn1c(=O)c(C=C2SC(=S)N(Cc3ccc(OC)cc3)C2=O)c(N2CC(C)OC(C)C2)c2ccccc21. The van der Waals surface area contributed by atoms with Crippen LogP contribution < -0.4 is 15.2 Å². The van der Waals surface area contributed by atoms with E-state index in [2.05, 4.69) is 4.90 Å². The normalized spacial score (nSPS) is 21.1. The predicted molar refractivity (Wildman–Crippen MR) is 158 cm³/mol. The molecule has 0 saturated carbocycles. The molecule has 2 fully saturated rings. The van der Waals surface area contributed by atoms with Gasteiger partial charge < -0.3 is 18.9 Å². The van der Waals surface area contributed by atoms with E-state index < -0.39 is 0 Å². The fourth-order valence-corrected chi connectivity index (χ4v) is 6.47. The van der Waals surface area contributed by atoms with Crippen LogP contribution in [0.5, 0.6) is 5.75 Å². The maximum atomic E-state index is 13.9. The number of thioether (sulfide) groups is 1. The molecule has 38 heavy (non-hydrogen) atoms. The number of carbonyl (C=O) groups is 1. The Morgan fingerprint density at radius 3 is 2.42 bits per heavy atom. The molecule has 0 spiro atoms. The van der Waals surface area contributed by atoms with Crippen molar-refractivity contribution in [1.29, 1.82) is 0 Å². The van der Waals surface area contributed by atoms with E-state index in [4.69, 9.17) is 21.7 Å². The standard InChI is InChI=1S/C29H31N3O4S2/c1-5-31-24-9-7-6-8-22(24)26(30-15-18(2)36-19(3)16-30)23(27(31)33)14-25-28(34)32(29(37)38-25)17-20-10-12-21(35-4)13-11-20/h6-14,18-19H,5,15-17H2,1-4H3. The van der Waals surface area contributed by atoms with Crippen LogP contribution in [0.1, 0.15) is 31.9 Å². The van der Waals surface area contributed by atoms with E-state index in [-0.39, 0.29) is 23.7 Å². The molecule has 0 bridgehead atoms. The third-order valence-electron chi connectivity index (χ3n) is 6.88. The first-order valence-electron chi connectivity index (χ1n) is 12.7. The molecule has 0 radical (unpaired) electrons. The van der Waals surface area contributed by atoms with E-state index in [1.807, 2.05) is 69.3 Å². The Morgan fingerprint density at radius 1 is 1.08 bits per heavy atom. The summed E-state index contributed by atoms with van der Waals surface area (Å²) in [4.78, 5) is 31.8. The molecular weight excluding hydrogens is 518 g/mol. The Kier molecular flexibility index (Phi) is 7.61. The van der Waals surface area contributed by atoms with Crippen LogP contribution in [0, 0.1) is 0 Å². The van der Waals surface area contributed by atoms with E-state index in [1.165, 1.54) is 11.8 Å². The molecule has 3 aromatic rings. The molecular formula is C29H31N3O4S2. The Bertz CT molecular complexity index is 1470. The van der Waals surface area contributed by atoms with Crippen molar-refractivity contribution in [3.63, 3.8) is 0 Å². The number of nitrogens with zero attached hydrogens (tertiary/aromatic N) is 3. The minimum absolute atomic E-state index is 0.0154. The van der Waals surface area contributed by atoms with Crippen molar-refractivity contribution in [2.75, 3.05) is 25.1 Å². The lowest BCUT2D eigenvalue weighted by Crippen LogP contribution is -2.46. The lowest BCUT2D eigenvalue weighted by Gasteiger charge is -2.38. The van der Waals surface area contributed by atoms with Crippen molar-refractivity contribution in [2.45, 2.75) is 46.1 Å². The highest BCUT2D eigenvalue weighted by atomic mass is 32.2. The van der Waals surface area contributed by atoms with Crippen molar-refractivity contribution in [3.05, 3.63) is 74.9 Å². The summed E-state index contributed by atoms with van der Waals surface area (Å²) in [5.74, 6) is 0.558.